The van der Waals surface area contributed by atoms with E-state index in [1.807, 2.05) is 19.1 Å². The van der Waals surface area contributed by atoms with E-state index < -0.39 is 5.97 Å². The third-order valence-electron chi connectivity index (χ3n) is 4.51. The fourth-order valence-electron chi connectivity index (χ4n) is 2.79. The summed E-state index contributed by atoms with van der Waals surface area (Å²) in [7, 11) is 0. The number of nitrogens with zero attached hydrogens (tertiary/aromatic N) is 2. The summed E-state index contributed by atoms with van der Waals surface area (Å²) >= 11 is 0. The van der Waals surface area contributed by atoms with Gasteiger partial charge >= 0.3 is 5.97 Å². The first-order valence-corrected chi connectivity index (χ1v) is 9.22. The maximum Gasteiger partial charge on any atom is 0.330 e. The molecule has 0 aliphatic rings. The van der Waals surface area contributed by atoms with Crippen molar-refractivity contribution in [2.75, 3.05) is 0 Å². The lowest BCUT2D eigenvalue weighted by molar-refractivity contribution is -0.138. The summed E-state index contributed by atoms with van der Waals surface area (Å²) in [6, 6.07) is 18.8. The summed E-state index contributed by atoms with van der Waals surface area (Å²) in [6.07, 6.45) is 1.10. The molecule has 150 valence electrons. The van der Waals surface area contributed by atoms with Crippen LogP contribution in [0.4, 0.5) is 11.4 Å². The molecule has 0 unspecified atom stereocenters. The molecule has 3 rings (SSSR count). The van der Waals surface area contributed by atoms with Gasteiger partial charge in [0.25, 0.3) is 0 Å². The van der Waals surface area contributed by atoms with Crippen LogP contribution >= 0.6 is 0 Å². The average molecular weight is 400 g/mol. The first-order chi connectivity index (χ1) is 14.5. The van der Waals surface area contributed by atoms with Gasteiger partial charge in [0.15, 0.2) is 11.5 Å². The van der Waals surface area contributed by atoms with E-state index in [1.54, 1.807) is 54.6 Å². The zero-order valence-corrected chi connectivity index (χ0v) is 16.4. The Morgan fingerprint density at radius 2 is 1.63 bits per heavy atom. The van der Waals surface area contributed by atoms with E-state index >= 15 is 0 Å². The number of phenolic OH excluding ortho intramolecular Hbond substituents is 1. The maximum absolute atomic E-state index is 12.7. The van der Waals surface area contributed by atoms with Crippen molar-refractivity contribution >= 4 is 23.1 Å². The molecule has 0 saturated heterocycles. The molecule has 1 N–H and O–H groups in total. The van der Waals surface area contributed by atoms with Crippen molar-refractivity contribution in [3.8, 4) is 5.75 Å². The molecule has 0 radical (unpaired) electrons. The number of phenols is 1. The minimum absolute atomic E-state index is 0.0896. The summed E-state index contributed by atoms with van der Waals surface area (Å²) in [4.78, 5) is 23.9. The van der Waals surface area contributed by atoms with Crippen LogP contribution in [0.5, 0.6) is 5.75 Å². The highest BCUT2D eigenvalue weighted by atomic mass is 16.5. The normalized spacial score (nSPS) is 10.7. The third kappa shape index (κ3) is 4.67. The Morgan fingerprint density at radius 3 is 2.37 bits per heavy atom. The number of esters is 1. The molecule has 0 amide bonds. The Hall–Kier alpha value is -4.06. The quantitative estimate of drug-likeness (QED) is 0.243. The van der Waals surface area contributed by atoms with Crippen LogP contribution in [0.2, 0.25) is 0 Å². The van der Waals surface area contributed by atoms with Gasteiger partial charge < -0.3 is 9.84 Å². The highest BCUT2D eigenvalue weighted by Crippen LogP contribution is 2.33. The molecule has 0 aliphatic carbocycles. The van der Waals surface area contributed by atoms with Crippen LogP contribution in [-0.4, -0.2) is 16.9 Å². The lowest BCUT2D eigenvalue weighted by Gasteiger charge is -2.08. The van der Waals surface area contributed by atoms with Crippen LogP contribution in [0.25, 0.3) is 0 Å². The van der Waals surface area contributed by atoms with Gasteiger partial charge in [0.2, 0.25) is 0 Å². The van der Waals surface area contributed by atoms with Crippen molar-refractivity contribution in [2.45, 2.75) is 13.5 Å². The molecular weight excluding hydrogens is 380 g/mol. The fraction of sp³-hybridized carbons (Fsp3) is 0.0833. The van der Waals surface area contributed by atoms with Gasteiger partial charge in [-0.05, 0) is 36.2 Å². The minimum Gasteiger partial charge on any atom is -0.505 e. The molecule has 0 aliphatic heterocycles. The van der Waals surface area contributed by atoms with E-state index in [4.69, 9.17) is 4.74 Å². The Morgan fingerprint density at radius 1 is 0.967 bits per heavy atom. The number of aromatic hydroxyl groups is 1. The molecule has 0 atom stereocenters. The SMILES string of the molecule is C=CC(=O)OCc1cccc(N=Nc2cccc(C(=O)c3ccccc3)c2O)c1C. The van der Waals surface area contributed by atoms with Crippen molar-refractivity contribution in [3.63, 3.8) is 0 Å². The molecule has 6 nitrogen and oxygen atoms in total. The zero-order valence-electron chi connectivity index (χ0n) is 16.4. The van der Waals surface area contributed by atoms with E-state index in [0.29, 0.717) is 11.3 Å². The number of ether oxygens (including phenoxy) is 1. The fourth-order valence-corrected chi connectivity index (χ4v) is 2.79. The van der Waals surface area contributed by atoms with Gasteiger partial charge in [-0.15, -0.1) is 5.11 Å². The standard InChI is InChI=1S/C24H20N2O4/c1-3-22(27)30-15-18-11-7-13-20(16(18)2)25-26-21-14-8-12-19(24(21)29)23(28)17-9-5-4-6-10-17/h3-14,29H,1,15H2,2H3. The average Bonchev–Trinajstić information content (AvgIpc) is 2.78. The number of benzene rings is 3. The number of ketones is 1. The number of carbonyl (C=O) groups excluding carboxylic acids is 2. The van der Waals surface area contributed by atoms with Crippen molar-refractivity contribution in [3.05, 3.63) is 102 Å². The number of para-hydroxylation sites is 1. The molecule has 30 heavy (non-hydrogen) atoms. The number of rotatable bonds is 7. The third-order valence-corrected chi connectivity index (χ3v) is 4.51. The molecule has 6 heteroatoms. The van der Waals surface area contributed by atoms with Crippen LogP contribution in [0, 0.1) is 6.92 Å². The topological polar surface area (TPSA) is 88.3 Å². The molecule has 0 heterocycles. The van der Waals surface area contributed by atoms with Crippen LogP contribution in [0.1, 0.15) is 27.0 Å². The van der Waals surface area contributed by atoms with Gasteiger partial charge in [-0.3, -0.25) is 4.79 Å². The van der Waals surface area contributed by atoms with Crippen LogP contribution in [0.15, 0.2) is 89.6 Å². The summed E-state index contributed by atoms with van der Waals surface area (Å²) in [5.41, 5.74) is 2.92. The lowest BCUT2D eigenvalue weighted by atomic mass is 10.0. The molecular formula is C24H20N2O4. The van der Waals surface area contributed by atoms with Gasteiger partial charge in [-0.2, -0.15) is 5.11 Å². The Labute approximate surface area is 174 Å². The Balaban J connectivity index is 1.86. The molecule has 0 aromatic heterocycles. The maximum atomic E-state index is 12.7. The minimum atomic E-state index is -0.508. The molecule has 0 fully saturated rings. The summed E-state index contributed by atoms with van der Waals surface area (Å²) < 4.78 is 5.07. The molecule has 0 bridgehead atoms. The molecule has 3 aromatic rings. The Kier molecular flexibility index (Phi) is 6.49. The van der Waals surface area contributed by atoms with Crippen LogP contribution in [-0.2, 0) is 16.1 Å². The molecule has 0 spiro atoms. The first kappa shape index (κ1) is 20.7. The summed E-state index contributed by atoms with van der Waals surface area (Å²) in [6.45, 7) is 5.29. The van der Waals surface area contributed by atoms with E-state index in [1.165, 1.54) is 0 Å². The summed E-state index contributed by atoms with van der Waals surface area (Å²) in [5, 5.41) is 18.9. The van der Waals surface area contributed by atoms with Gasteiger partial charge in [0.1, 0.15) is 12.3 Å². The Bertz CT molecular complexity index is 1120. The summed E-state index contributed by atoms with van der Waals surface area (Å²) in [5.74, 6) is -1.04. The molecule has 3 aromatic carbocycles. The predicted molar refractivity (Wildman–Crippen MR) is 113 cm³/mol. The van der Waals surface area contributed by atoms with Crippen LogP contribution < -0.4 is 0 Å². The van der Waals surface area contributed by atoms with E-state index in [0.717, 1.165) is 17.2 Å². The van der Waals surface area contributed by atoms with Crippen LogP contribution in [0.3, 0.4) is 0 Å². The molecule has 0 saturated carbocycles. The number of hydrogen-bond acceptors (Lipinski definition) is 6. The highest BCUT2D eigenvalue weighted by molar-refractivity contribution is 6.11. The van der Waals surface area contributed by atoms with Crippen molar-refractivity contribution in [1.82, 2.24) is 0 Å². The zero-order chi connectivity index (χ0) is 21.5. The van der Waals surface area contributed by atoms with Gasteiger partial charge in [0, 0.05) is 11.6 Å². The van der Waals surface area contributed by atoms with Gasteiger partial charge in [-0.1, -0.05) is 55.1 Å². The number of carbonyl (C=O) groups is 2. The van der Waals surface area contributed by atoms with E-state index in [2.05, 4.69) is 16.8 Å². The second-order valence-corrected chi connectivity index (χ2v) is 6.44. The first-order valence-electron chi connectivity index (χ1n) is 9.22. The van der Waals surface area contributed by atoms with Gasteiger partial charge in [0.05, 0.1) is 11.3 Å². The smallest absolute Gasteiger partial charge is 0.330 e. The van der Waals surface area contributed by atoms with Gasteiger partial charge in [-0.25, -0.2) is 4.79 Å². The van der Waals surface area contributed by atoms with Crippen molar-refractivity contribution in [1.29, 1.82) is 0 Å². The largest absolute Gasteiger partial charge is 0.505 e. The van der Waals surface area contributed by atoms with E-state index in [9.17, 15) is 14.7 Å². The van der Waals surface area contributed by atoms with E-state index in [-0.39, 0.29) is 29.4 Å². The number of hydrogen-bond donors (Lipinski definition) is 1. The second-order valence-electron chi connectivity index (χ2n) is 6.44. The van der Waals surface area contributed by atoms with Crippen molar-refractivity contribution < 1.29 is 19.4 Å². The predicted octanol–water partition coefficient (Wildman–Crippen LogP) is 5.58. The second kappa shape index (κ2) is 9.43. The lowest BCUT2D eigenvalue weighted by Crippen LogP contribution is -2.01. The monoisotopic (exact) mass is 400 g/mol. The number of azo groups is 1. The highest BCUT2D eigenvalue weighted by Gasteiger charge is 2.16. The van der Waals surface area contributed by atoms with Crippen molar-refractivity contribution in [2.24, 2.45) is 10.2 Å².